The van der Waals surface area contributed by atoms with Crippen LogP contribution in [0.1, 0.15) is 6.42 Å². The van der Waals surface area contributed by atoms with Gasteiger partial charge in [0.15, 0.2) is 11.5 Å². The SMILES string of the molecule is CN(C)CCCNc1ccc2c(ccc3c4cc5c(cc4cnc23)OCO5)n1. The highest BCUT2D eigenvalue weighted by molar-refractivity contribution is 6.15. The molecule has 1 aliphatic rings. The number of nitrogens with zero attached hydrogens (tertiary/aromatic N) is 3. The van der Waals surface area contributed by atoms with Crippen molar-refractivity contribution in [1.82, 2.24) is 14.9 Å². The van der Waals surface area contributed by atoms with Crippen molar-refractivity contribution in [2.75, 3.05) is 39.3 Å². The number of ether oxygens (including phenoxy) is 2. The number of rotatable bonds is 5. The molecule has 1 N–H and O–H groups in total. The molecule has 0 fully saturated rings. The van der Waals surface area contributed by atoms with Crippen molar-refractivity contribution in [2.24, 2.45) is 0 Å². The first-order valence-corrected chi connectivity index (χ1v) is 9.49. The number of hydrogen-bond donors (Lipinski definition) is 1. The lowest BCUT2D eigenvalue weighted by Gasteiger charge is -2.11. The van der Waals surface area contributed by atoms with Gasteiger partial charge in [0.05, 0.1) is 11.0 Å². The summed E-state index contributed by atoms with van der Waals surface area (Å²) in [6.45, 7) is 2.23. The number of hydrogen-bond acceptors (Lipinski definition) is 6. The highest BCUT2D eigenvalue weighted by atomic mass is 16.7. The number of nitrogens with one attached hydrogen (secondary N) is 1. The fraction of sp³-hybridized carbons (Fsp3) is 0.273. The second-order valence-corrected chi connectivity index (χ2v) is 7.36. The lowest BCUT2D eigenvalue weighted by Crippen LogP contribution is -2.16. The van der Waals surface area contributed by atoms with Crippen molar-refractivity contribution in [3.8, 4) is 11.5 Å². The molecule has 5 rings (SSSR count). The molecule has 0 unspecified atom stereocenters. The molecule has 28 heavy (non-hydrogen) atoms. The van der Waals surface area contributed by atoms with Crippen molar-refractivity contribution in [3.05, 3.63) is 42.6 Å². The standard InChI is InChI=1S/C22H22N4O2/c1-26(2)9-3-8-23-21-7-5-16-18(25-21)6-4-15-17-11-20-19(27-13-28-20)10-14(17)12-24-22(15)16/h4-7,10-12H,3,8-9,13H2,1-2H3,(H,23,25). The molecule has 0 spiro atoms. The van der Waals surface area contributed by atoms with Gasteiger partial charge in [0, 0.05) is 28.9 Å². The van der Waals surface area contributed by atoms with Gasteiger partial charge in [-0.2, -0.15) is 0 Å². The first kappa shape index (κ1) is 17.0. The zero-order valence-electron chi connectivity index (χ0n) is 16.0. The molecule has 0 saturated heterocycles. The number of benzene rings is 2. The number of aromatic nitrogens is 2. The largest absolute Gasteiger partial charge is 0.454 e. The molecule has 2 aromatic carbocycles. The zero-order chi connectivity index (χ0) is 19.1. The predicted molar refractivity (Wildman–Crippen MR) is 112 cm³/mol. The quantitative estimate of drug-likeness (QED) is 0.420. The Kier molecular flexibility index (Phi) is 4.13. The number of anilines is 1. The topological polar surface area (TPSA) is 59.5 Å². The molecule has 0 amide bonds. The Morgan fingerprint density at radius 3 is 2.68 bits per heavy atom. The lowest BCUT2D eigenvalue weighted by molar-refractivity contribution is 0.174. The van der Waals surface area contributed by atoms with Crippen molar-refractivity contribution in [1.29, 1.82) is 0 Å². The van der Waals surface area contributed by atoms with Crippen molar-refractivity contribution in [2.45, 2.75) is 6.42 Å². The van der Waals surface area contributed by atoms with E-state index in [-0.39, 0.29) is 6.79 Å². The minimum Gasteiger partial charge on any atom is -0.454 e. The molecule has 1 aliphatic heterocycles. The lowest BCUT2D eigenvalue weighted by atomic mass is 10.0. The van der Waals surface area contributed by atoms with E-state index in [1.807, 2.05) is 24.4 Å². The van der Waals surface area contributed by atoms with E-state index >= 15 is 0 Å². The monoisotopic (exact) mass is 374 g/mol. The summed E-state index contributed by atoms with van der Waals surface area (Å²) in [5.41, 5.74) is 1.90. The summed E-state index contributed by atoms with van der Waals surface area (Å²) in [6, 6.07) is 12.3. The summed E-state index contributed by atoms with van der Waals surface area (Å²) in [4.78, 5) is 11.7. The molecule has 0 bridgehead atoms. The van der Waals surface area contributed by atoms with Crippen molar-refractivity contribution >= 4 is 38.4 Å². The van der Waals surface area contributed by atoms with Crippen LogP contribution in [0, 0.1) is 0 Å². The predicted octanol–water partition coefficient (Wildman–Crippen LogP) is 4.03. The Balaban J connectivity index is 1.53. The van der Waals surface area contributed by atoms with Crippen LogP contribution in [0.2, 0.25) is 0 Å². The highest BCUT2D eigenvalue weighted by Crippen LogP contribution is 2.39. The molecule has 0 saturated carbocycles. The van der Waals surface area contributed by atoms with Crippen LogP contribution >= 0.6 is 0 Å². The highest BCUT2D eigenvalue weighted by Gasteiger charge is 2.16. The van der Waals surface area contributed by atoms with Crippen LogP contribution in [0.25, 0.3) is 32.6 Å². The first-order chi connectivity index (χ1) is 13.7. The van der Waals surface area contributed by atoms with Gasteiger partial charge in [-0.05, 0) is 68.8 Å². The van der Waals surface area contributed by atoms with Crippen LogP contribution in [0.3, 0.4) is 0 Å². The fourth-order valence-electron chi connectivity index (χ4n) is 3.69. The third-order valence-corrected chi connectivity index (χ3v) is 5.10. The maximum atomic E-state index is 5.55. The Hall–Kier alpha value is -3.12. The first-order valence-electron chi connectivity index (χ1n) is 9.49. The van der Waals surface area contributed by atoms with E-state index in [1.54, 1.807) is 0 Å². The molecule has 3 heterocycles. The van der Waals surface area contributed by atoms with E-state index in [0.29, 0.717) is 0 Å². The Morgan fingerprint density at radius 2 is 1.82 bits per heavy atom. The average molecular weight is 374 g/mol. The Morgan fingerprint density at radius 1 is 1.00 bits per heavy atom. The van der Waals surface area contributed by atoms with Gasteiger partial charge in [0.2, 0.25) is 6.79 Å². The van der Waals surface area contributed by atoms with E-state index in [1.165, 1.54) is 0 Å². The smallest absolute Gasteiger partial charge is 0.231 e. The maximum Gasteiger partial charge on any atom is 0.231 e. The summed E-state index contributed by atoms with van der Waals surface area (Å²) >= 11 is 0. The molecule has 0 atom stereocenters. The minimum atomic E-state index is 0.272. The molecule has 0 aliphatic carbocycles. The van der Waals surface area contributed by atoms with E-state index < -0.39 is 0 Å². The molecular formula is C22H22N4O2. The normalized spacial score (nSPS) is 13.1. The van der Waals surface area contributed by atoms with Gasteiger partial charge >= 0.3 is 0 Å². The van der Waals surface area contributed by atoms with E-state index in [4.69, 9.17) is 19.4 Å². The van der Waals surface area contributed by atoms with Crippen molar-refractivity contribution < 1.29 is 9.47 Å². The molecule has 6 nitrogen and oxygen atoms in total. The minimum absolute atomic E-state index is 0.272. The maximum absolute atomic E-state index is 5.55. The van der Waals surface area contributed by atoms with Crippen molar-refractivity contribution in [3.63, 3.8) is 0 Å². The van der Waals surface area contributed by atoms with Crippen LogP contribution in [0.5, 0.6) is 11.5 Å². The van der Waals surface area contributed by atoms with Gasteiger partial charge in [-0.15, -0.1) is 0 Å². The van der Waals surface area contributed by atoms with Crippen LogP contribution in [-0.4, -0.2) is 48.8 Å². The van der Waals surface area contributed by atoms with E-state index in [0.717, 1.165) is 69.4 Å². The van der Waals surface area contributed by atoms with Gasteiger partial charge in [0.25, 0.3) is 0 Å². The average Bonchev–Trinajstić information content (AvgIpc) is 3.16. The van der Waals surface area contributed by atoms with Gasteiger partial charge in [-0.1, -0.05) is 0 Å². The number of pyridine rings is 2. The molecule has 0 radical (unpaired) electrons. The van der Waals surface area contributed by atoms with Gasteiger partial charge in [-0.25, -0.2) is 4.98 Å². The molecule has 4 aromatic rings. The molecule has 6 heteroatoms. The summed E-state index contributed by atoms with van der Waals surface area (Å²) in [6.07, 6.45) is 2.97. The second kappa shape index (κ2) is 6.80. The molecule has 2 aromatic heterocycles. The van der Waals surface area contributed by atoms with Gasteiger partial charge in [-0.3, -0.25) is 4.98 Å². The fourth-order valence-corrected chi connectivity index (χ4v) is 3.69. The third-order valence-electron chi connectivity index (χ3n) is 5.10. The summed E-state index contributed by atoms with van der Waals surface area (Å²) in [5, 5.41) is 7.71. The van der Waals surface area contributed by atoms with Crippen LogP contribution in [0.4, 0.5) is 5.82 Å². The van der Waals surface area contributed by atoms with E-state index in [2.05, 4.69) is 42.5 Å². The zero-order valence-corrected chi connectivity index (χ0v) is 16.0. The van der Waals surface area contributed by atoms with Crippen LogP contribution in [-0.2, 0) is 0 Å². The number of fused-ring (bicyclic) bond motifs is 6. The summed E-state index contributed by atoms with van der Waals surface area (Å²) in [7, 11) is 4.17. The molecular weight excluding hydrogens is 352 g/mol. The van der Waals surface area contributed by atoms with Gasteiger partial charge < -0.3 is 19.7 Å². The van der Waals surface area contributed by atoms with E-state index in [9.17, 15) is 0 Å². The Labute approximate surface area is 163 Å². The third kappa shape index (κ3) is 2.96. The summed E-state index contributed by atoms with van der Waals surface area (Å²) in [5.74, 6) is 2.46. The van der Waals surface area contributed by atoms with Gasteiger partial charge in [0.1, 0.15) is 5.82 Å². The van der Waals surface area contributed by atoms with Crippen LogP contribution < -0.4 is 14.8 Å². The Bertz CT molecular complexity index is 1190. The van der Waals surface area contributed by atoms with Crippen LogP contribution in [0.15, 0.2) is 42.6 Å². The second-order valence-electron chi connectivity index (χ2n) is 7.36. The molecule has 142 valence electrons. The summed E-state index contributed by atoms with van der Waals surface area (Å²) < 4.78 is 11.0.